The number of nitrogens with one attached hydrogen (secondary N) is 1. The van der Waals surface area contributed by atoms with E-state index in [9.17, 15) is 4.79 Å². The van der Waals surface area contributed by atoms with E-state index in [2.05, 4.69) is 28.1 Å². The molecule has 1 N–H and O–H groups in total. The van der Waals surface area contributed by atoms with Crippen molar-refractivity contribution in [1.82, 2.24) is 9.88 Å². The minimum Gasteiger partial charge on any atom is -0.369 e. The van der Waals surface area contributed by atoms with Gasteiger partial charge in [0, 0.05) is 18.1 Å². The number of carbonyl (C=O) groups is 1. The molecule has 1 amide bonds. The fourth-order valence-electron chi connectivity index (χ4n) is 2.35. The highest BCUT2D eigenvalue weighted by Gasteiger charge is 2.18. The molecule has 4 heteroatoms. The molecule has 0 saturated carbocycles. The number of ether oxygens (including phenoxy) is 1. The Balaban J connectivity index is 1.74. The number of amides is 1. The third-order valence-corrected chi connectivity index (χ3v) is 3.21. The highest BCUT2D eigenvalue weighted by atomic mass is 16.5. The van der Waals surface area contributed by atoms with Crippen molar-refractivity contribution in [2.24, 2.45) is 0 Å². The Morgan fingerprint density at radius 3 is 2.89 bits per heavy atom. The Labute approximate surface area is 112 Å². The number of hydrogen-bond acceptors (Lipinski definition) is 2. The first-order valence-electron chi connectivity index (χ1n) is 6.41. The van der Waals surface area contributed by atoms with Gasteiger partial charge in [-0.1, -0.05) is 12.1 Å². The summed E-state index contributed by atoms with van der Waals surface area (Å²) in [6, 6.07) is 12.4. The predicted octanol–water partition coefficient (Wildman–Crippen LogP) is 1.53. The molecule has 0 radical (unpaired) electrons. The predicted molar refractivity (Wildman–Crippen MR) is 72.2 cm³/mol. The Bertz CT molecular complexity index is 563. The normalized spacial score (nSPS) is 19.2. The molecule has 1 unspecified atom stereocenters. The summed E-state index contributed by atoms with van der Waals surface area (Å²) in [5, 5.41) is 2.95. The largest absolute Gasteiger partial charge is 0.369 e. The molecule has 98 valence electrons. The van der Waals surface area contributed by atoms with Crippen LogP contribution in [0.5, 0.6) is 0 Å². The standard InChI is InChI=1S/C15H16N2O2/c18-15-11-19-10-13(16-15)8-12-4-3-5-14(9-12)17-6-1-2-7-17/h1-7,9,13H,8,10-11H2,(H,16,18). The van der Waals surface area contributed by atoms with Crippen molar-refractivity contribution in [3.05, 3.63) is 54.4 Å². The first-order valence-corrected chi connectivity index (χ1v) is 6.41. The van der Waals surface area contributed by atoms with E-state index in [1.165, 1.54) is 5.56 Å². The van der Waals surface area contributed by atoms with Crippen LogP contribution in [0, 0.1) is 0 Å². The Hall–Kier alpha value is -2.07. The van der Waals surface area contributed by atoms with Crippen LogP contribution in [0.2, 0.25) is 0 Å². The second-order valence-electron chi connectivity index (χ2n) is 4.74. The highest BCUT2D eigenvalue weighted by Crippen LogP contribution is 2.13. The molecule has 4 nitrogen and oxygen atoms in total. The molecule has 2 heterocycles. The van der Waals surface area contributed by atoms with Gasteiger partial charge in [0.15, 0.2) is 0 Å². The number of morpholine rings is 1. The third-order valence-electron chi connectivity index (χ3n) is 3.21. The first-order chi connectivity index (χ1) is 9.31. The summed E-state index contributed by atoms with van der Waals surface area (Å²) in [5.41, 5.74) is 2.33. The van der Waals surface area contributed by atoms with E-state index in [1.54, 1.807) is 0 Å². The quantitative estimate of drug-likeness (QED) is 0.905. The van der Waals surface area contributed by atoms with Crippen molar-refractivity contribution in [2.75, 3.05) is 13.2 Å². The molecule has 2 aromatic rings. The lowest BCUT2D eigenvalue weighted by Crippen LogP contribution is -2.46. The summed E-state index contributed by atoms with van der Waals surface area (Å²) in [7, 11) is 0. The molecule has 1 saturated heterocycles. The van der Waals surface area contributed by atoms with Crippen LogP contribution in [0.25, 0.3) is 5.69 Å². The molecule has 0 spiro atoms. The zero-order valence-electron chi connectivity index (χ0n) is 10.6. The van der Waals surface area contributed by atoms with Crippen LogP contribution in [0.15, 0.2) is 48.8 Å². The van der Waals surface area contributed by atoms with Crippen LogP contribution in [0.4, 0.5) is 0 Å². The summed E-state index contributed by atoms with van der Waals surface area (Å²) >= 11 is 0. The third kappa shape index (κ3) is 2.85. The van der Waals surface area contributed by atoms with E-state index in [-0.39, 0.29) is 18.6 Å². The number of nitrogens with zero attached hydrogens (tertiary/aromatic N) is 1. The SMILES string of the molecule is O=C1COCC(Cc2cccc(-n3cccc3)c2)N1. The van der Waals surface area contributed by atoms with Crippen molar-refractivity contribution in [3.63, 3.8) is 0 Å². The lowest BCUT2D eigenvalue weighted by Gasteiger charge is -2.23. The zero-order chi connectivity index (χ0) is 13.1. The maximum absolute atomic E-state index is 11.3. The minimum atomic E-state index is -0.0298. The number of aromatic nitrogens is 1. The van der Waals surface area contributed by atoms with Gasteiger partial charge in [0.2, 0.25) is 5.91 Å². The molecule has 19 heavy (non-hydrogen) atoms. The molecular formula is C15H16N2O2. The van der Waals surface area contributed by atoms with E-state index in [0.29, 0.717) is 6.61 Å². The number of hydrogen-bond donors (Lipinski definition) is 1. The van der Waals surface area contributed by atoms with Gasteiger partial charge < -0.3 is 14.6 Å². The lowest BCUT2D eigenvalue weighted by molar-refractivity contribution is -0.131. The van der Waals surface area contributed by atoms with E-state index < -0.39 is 0 Å². The molecule has 1 aliphatic heterocycles. The molecule has 3 rings (SSSR count). The molecule has 1 atom stereocenters. The van der Waals surface area contributed by atoms with Crippen LogP contribution >= 0.6 is 0 Å². The minimum absolute atomic E-state index is 0.0298. The van der Waals surface area contributed by atoms with Gasteiger partial charge in [0.25, 0.3) is 0 Å². The van der Waals surface area contributed by atoms with E-state index in [0.717, 1.165) is 12.1 Å². The van der Waals surface area contributed by atoms with Crippen molar-refractivity contribution >= 4 is 5.91 Å². The lowest BCUT2D eigenvalue weighted by atomic mass is 10.1. The second kappa shape index (κ2) is 5.28. The van der Waals surface area contributed by atoms with E-state index in [4.69, 9.17) is 4.74 Å². The number of rotatable bonds is 3. The van der Waals surface area contributed by atoms with Gasteiger partial charge >= 0.3 is 0 Å². The zero-order valence-corrected chi connectivity index (χ0v) is 10.6. The first kappa shape index (κ1) is 12.0. The van der Waals surface area contributed by atoms with Gasteiger partial charge in [0.1, 0.15) is 6.61 Å². The van der Waals surface area contributed by atoms with Gasteiger partial charge in [-0.3, -0.25) is 4.79 Å². The van der Waals surface area contributed by atoms with Crippen LogP contribution in [-0.2, 0) is 16.0 Å². The van der Waals surface area contributed by atoms with Gasteiger partial charge in [-0.05, 0) is 36.2 Å². The molecule has 1 aliphatic rings. The smallest absolute Gasteiger partial charge is 0.246 e. The maximum atomic E-state index is 11.3. The molecule has 1 aromatic heterocycles. The van der Waals surface area contributed by atoms with Gasteiger partial charge in [-0.15, -0.1) is 0 Å². The monoisotopic (exact) mass is 256 g/mol. The van der Waals surface area contributed by atoms with Crippen molar-refractivity contribution in [3.8, 4) is 5.69 Å². The van der Waals surface area contributed by atoms with Crippen molar-refractivity contribution in [2.45, 2.75) is 12.5 Å². The average Bonchev–Trinajstić information content (AvgIpc) is 2.93. The molecule has 1 aromatic carbocycles. The number of benzene rings is 1. The summed E-state index contributed by atoms with van der Waals surface area (Å²) in [4.78, 5) is 11.3. The van der Waals surface area contributed by atoms with Crippen molar-refractivity contribution in [1.29, 1.82) is 0 Å². The molecule has 0 aliphatic carbocycles. The topological polar surface area (TPSA) is 43.3 Å². The van der Waals surface area contributed by atoms with Crippen LogP contribution in [0.3, 0.4) is 0 Å². The molecular weight excluding hydrogens is 240 g/mol. The fraction of sp³-hybridized carbons (Fsp3) is 0.267. The average molecular weight is 256 g/mol. The summed E-state index contributed by atoms with van der Waals surface area (Å²) < 4.78 is 7.32. The Morgan fingerprint density at radius 1 is 1.26 bits per heavy atom. The maximum Gasteiger partial charge on any atom is 0.246 e. The Morgan fingerprint density at radius 2 is 2.11 bits per heavy atom. The summed E-state index contributed by atoms with van der Waals surface area (Å²) in [5.74, 6) is -0.0298. The van der Waals surface area contributed by atoms with Crippen LogP contribution < -0.4 is 5.32 Å². The van der Waals surface area contributed by atoms with E-state index >= 15 is 0 Å². The van der Waals surface area contributed by atoms with Gasteiger partial charge in [-0.2, -0.15) is 0 Å². The van der Waals surface area contributed by atoms with Gasteiger partial charge in [-0.25, -0.2) is 0 Å². The van der Waals surface area contributed by atoms with Crippen LogP contribution in [-0.4, -0.2) is 29.7 Å². The van der Waals surface area contributed by atoms with E-state index in [1.807, 2.05) is 30.6 Å². The Kier molecular flexibility index (Phi) is 3.33. The second-order valence-corrected chi connectivity index (χ2v) is 4.74. The summed E-state index contributed by atoms with van der Waals surface area (Å²) in [6.07, 6.45) is 4.83. The van der Waals surface area contributed by atoms with Crippen molar-refractivity contribution < 1.29 is 9.53 Å². The van der Waals surface area contributed by atoms with Crippen LogP contribution in [0.1, 0.15) is 5.56 Å². The number of carbonyl (C=O) groups excluding carboxylic acids is 1. The summed E-state index contributed by atoms with van der Waals surface area (Å²) in [6.45, 7) is 0.763. The molecule has 0 bridgehead atoms. The molecule has 1 fully saturated rings. The highest BCUT2D eigenvalue weighted by molar-refractivity contribution is 5.78. The van der Waals surface area contributed by atoms with Gasteiger partial charge in [0.05, 0.1) is 12.6 Å². The fourth-order valence-corrected chi connectivity index (χ4v) is 2.35.